The van der Waals surface area contributed by atoms with E-state index in [1.807, 2.05) is 44.3 Å². The van der Waals surface area contributed by atoms with E-state index in [9.17, 15) is 4.79 Å². The van der Waals surface area contributed by atoms with Crippen molar-refractivity contribution in [1.29, 1.82) is 0 Å². The van der Waals surface area contributed by atoms with Gasteiger partial charge < -0.3 is 19.5 Å². The van der Waals surface area contributed by atoms with Crippen molar-refractivity contribution in [2.75, 3.05) is 44.6 Å². The lowest BCUT2D eigenvalue weighted by molar-refractivity contribution is 0.0735. The van der Waals surface area contributed by atoms with E-state index in [2.05, 4.69) is 26.3 Å². The minimum absolute atomic E-state index is 0.124. The van der Waals surface area contributed by atoms with E-state index in [0.717, 1.165) is 47.4 Å². The molecule has 1 aromatic carbocycles. The van der Waals surface area contributed by atoms with Crippen molar-refractivity contribution in [3.8, 4) is 11.3 Å². The molecule has 3 aromatic heterocycles. The van der Waals surface area contributed by atoms with Crippen LogP contribution in [0.2, 0.25) is 0 Å². The van der Waals surface area contributed by atoms with Crippen LogP contribution in [0.4, 0.5) is 5.69 Å². The first-order valence-corrected chi connectivity index (χ1v) is 13.1. The second-order valence-electron chi connectivity index (χ2n) is 9.31. The predicted octanol–water partition coefficient (Wildman–Crippen LogP) is 5.21. The van der Waals surface area contributed by atoms with Crippen LogP contribution in [0.1, 0.15) is 50.2 Å². The number of hydrogen-bond donors (Lipinski definition) is 1. The first-order chi connectivity index (χ1) is 17.7. The molecule has 8 heteroatoms. The summed E-state index contributed by atoms with van der Waals surface area (Å²) in [5.74, 6) is -0.0652. The zero-order valence-corrected chi connectivity index (χ0v) is 21.2. The molecule has 1 fully saturated rings. The van der Waals surface area contributed by atoms with Crippen LogP contribution in [0.3, 0.4) is 0 Å². The summed E-state index contributed by atoms with van der Waals surface area (Å²) in [5, 5.41) is 4.63. The van der Waals surface area contributed by atoms with Gasteiger partial charge in [0.15, 0.2) is 5.58 Å². The minimum atomic E-state index is -0.190. The lowest BCUT2D eigenvalue weighted by Gasteiger charge is -2.26. The van der Waals surface area contributed by atoms with Crippen LogP contribution in [-0.2, 0) is 0 Å². The molecule has 36 heavy (non-hydrogen) atoms. The van der Waals surface area contributed by atoms with Gasteiger partial charge in [-0.15, -0.1) is 0 Å². The number of amides is 1. The molecule has 1 N–H and O–H groups in total. The summed E-state index contributed by atoms with van der Waals surface area (Å²) < 4.78 is 5.87. The third kappa shape index (κ3) is 5.18. The second kappa shape index (κ2) is 11.0. The third-order valence-electron chi connectivity index (χ3n) is 6.94. The minimum Gasteiger partial charge on any atom is -0.432 e. The van der Waals surface area contributed by atoms with Gasteiger partial charge in [-0.2, -0.15) is 0 Å². The molecule has 0 radical (unpaired) electrons. The van der Waals surface area contributed by atoms with E-state index in [4.69, 9.17) is 9.40 Å². The van der Waals surface area contributed by atoms with Gasteiger partial charge in [0.2, 0.25) is 0 Å². The van der Waals surface area contributed by atoms with Crippen LogP contribution in [0, 0.1) is 0 Å². The Morgan fingerprint density at radius 1 is 1.06 bits per heavy atom. The molecule has 0 aliphatic carbocycles. The fraction of sp³-hybridized carbons (Fsp3) is 0.429. The van der Waals surface area contributed by atoms with Crippen LogP contribution in [0.15, 0.2) is 47.1 Å². The number of benzene rings is 1. The molecule has 1 aliphatic heterocycles. The van der Waals surface area contributed by atoms with Crippen LogP contribution in [0.5, 0.6) is 0 Å². The summed E-state index contributed by atoms with van der Waals surface area (Å²) in [6.45, 7) is 9.58. The summed E-state index contributed by atoms with van der Waals surface area (Å²) in [7, 11) is 0. The van der Waals surface area contributed by atoms with Gasteiger partial charge in [0, 0.05) is 48.7 Å². The fourth-order valence-electron chi connectivity index (χ4n) is 4.89. The summed E-state index contributed by atoms with van der Waals surface area (Å²) in [6, 6.07) is 9.79. The number of piperidine rings is 1. The number of nitrogens with one attached hydrogen (secondary N) is 1. The number of nitrogens with zero attached hydrogens (tertiary/aromatic N) is 5. The molecule has 0 atom stereocenters. The lowest BCUT2D eigenvalue weighted by atomic mass is 10.1. The number of pyridine rings is 2. The van der Waals surface area contributed by atoms with Crippen LogP contribution in [0.25, 0.3) is 33.3 Å². The van der Waals surface area contributed by atoms with Crippen molar-refractivity contribution in [3.63, 3.8) is 0 Å². The van der Waals surface area contributed by atoms with Crippen LogP contribution >= 0.6 is 0 Å². The highest BCUT2D eigenvalue weighted by Gasteiger charge is 2.20. The Kier molecular flexibility index (Phi) is 7.41. The SMILES string of the molecule is CCN(CC)C(=O)c1nc2ccc(-c3cc(NCCCN4CCCCC4)c4cnccc4n3)cc2o1. The Bertz CT molecular complexity index is 1340. The Morgan fingerprint density at radius 3 is 2.69 bits per heavy atom. The molecular weight excluding hydrogens is 452 g/mol. The monoisotopic (exact) mass is 486 g/mol. The second-order valence-corrected chi connectivity index (χ2v) is 9.31. The van der Waals surface area contributed by atoms with Gasteiger partial charge in [0.25, 0.3) is 5.89 Å². The molecule has 4 aromatic rings. The van der Waals surface area contributed by atoms with Crippen molar-refractivity contribution >= 4 is 33.6 Å². The molecule has 0 bridgehead atoms. The molecule has 0 unspecified atom stereocenters. The van der Waals surface area contributed by atoms with Crippen molar-refractivity contribution in [2.24, 2.45) is 0 Å². The first-order valence-electron chi connectivity index (χ1n) is 13.1. The molecule has 5 rings (SSSR count). The topological polar surface area (TPSA) is 87.4 Å². The largest absolute Gasteiger partial charge is 0.432 e. The summed E-state index contributed by atoms with van der Waals surface area (Å²) in [4.78, 5) is 30.6. The molecule has 1 aliphatic rings. The van der Waals surface area contributed by atoms with E-state index in [1.165, 1.54) is 32.4 Å². The Labute approximate surface area is 211 Å². The molecule has 4 heterocycles. The predicted molar refractivity (Wildman–Crippen MR) is 143 cm³/mol. The summed E-state index contributed by atoms with van der Waals surface area (Å²) in [6.07, 6.45) is 8.72. The number of carbonyl (C=O) groups is 1. The molecule has 1 saturated heterocycles. The van der Waals surface area contributed by atoms with Gasteiger partial charge >= 0.3 is 5.91 Å². The number of carbonyl (C=O) groups excluding carboxylic acids is 1. The molecular formula is C28H34N6O2. The number of aromatic nitrogens is 3. The number of hydrogen-bond acceptors (Lipinski definition) is 7. The number of rotatable bonds is 9. The highest BCUT2D eigenvalue weighted by molar-refractivity contribution is 5.95. The van der Waals surface area contributed by atoms with Crippen LogP contribution < -0.4 is 5.32 Å². The van der Waals surface area contributed by atoms with E-state index < -0.39 is 0 Å². The average Bonchev–Trinajstić information content (AvgIpc) is 3.36. The van der Waals surface area contributed by atoms with Crippen LogP contribution in [-0.4, -0.2) is 69.9 Å². The zero-order valence-electron chi connectivity index (χ0n) is 21.2. The van der Waals surface area contributed by atoms with E-state index in [-0.39, 0.29) is 11.8 Å². The summed E-state index contributed by atoms with van der Waals surface area (Å²) >= 11 is 0. The fourth-order valence-corrected chi connectivity index (χ4v) is 4.89. The van der Waals surface area contributed by atoms with Crippen molar-refractivity contribution in [1.82, 2.24) is 24.8 Å². The maximum atomic E-state index is 12.7. The maximum absolute atomic E-state index is 12.7. The normalized spacial score (nSPS) is 14.4. The molecule has 0 spiro atoms. The number of fused-ring (bicyclic) bond motifs is 2. The quantitative estimate of drug-likeness (QED) is 0.325. The van der Waals surface area contributed by atoms with E-state index in [1.54, 1.807) is 11.1 Å². The molecule has 0 saturated carbocycles. The standard InChI is InChI=1S/C28H34N6O2/c1-3-34(4-2)28(35)27-32-23-10-9-20(17-26(23)36-27)24-18-25(21-19-29-13-11-22(21)31-24)30-12-8-16-33-14-6-5-7-15-33/h9-11,13,17-19H,3-8,12,14-16H2,1-2H3,(H,30,31). The number of anilines is 1. The number of oxazole rings is 1. The lowest BCUT2D eigenvalue weighted by Crippen LogP contribution is -2.31. The van der Waals surface area contributed by atoms with Gasteiger partial charge in [-0.3, -0.25) is 9.78 Å². The Morgan fingerprint density at radius 2 is 1.89 bits per heavy atom. The van der Waals surface area contributed by atoms with E-state index in [0.29, 0.717) is 24.2 Å². The highest BCUT2D eigenvalue weighted by Crippen LogP contribution is 2.30. The van der Waals surface area contributed by atoms with Gasteiger partial charge in [0.05, 0.1) is 11.2 Å². The zero-order chi connectivity index (χ0) is 24.9. The average molecular weight is 487 g/mol. The molecule has 8 nitrogen and oxygen atoms in total. The maximum Gasteiger partial charge on any atom is 0.309 e. The molecule has 188 valence electrons. The van der Waals surface area contributed by atoms with Gasteiger partial charge in [-0.1, -0.05) is 12.5 Å². The highest BCUT2D eigenvalue weighted by atomic mass is 16.4. The van der Waals surface area contributed by atoms with Gasteiger partial charge in [-0.25, -0.2) is 9.97 Å². The van der Waals surface area contributed by atoms with Gasteiger partial charge in [-0.05, 0) is 77.0 Å². The Balaban J connectivity index is 1.38. The van der Waals surface area contributed by atoms with Crippen molar-refractivity contribution in [2.45, 2.75) is 39.5 Å². The third-order valence-corrected chi connectivity index (χ3v) is 6.94. The number of likely N-dealkylation sites (tertiary alicyclic amines) is 1. The van der Waals surface area contributed by atoms with Crippen molar-refractivity contribution in [3.05, 3.63) is 48.6 Å². The van der Waals surface area contributed by atoms with Gasteiger partial charge in [0.1, 0.15) is 5.52 Å². The summed E-state index contributed by atoms with van der Waals surface area (Å²) in [5.41, 5.74) is 4.90. The molecule has 1 amide bonds. The van der Waals surface area contributed by atoms with E-state index >= 15 is 0 Å². The smallest absolute Gasteiger partial charge is 0.309 e. The Hall–Kier alpha value is -3.52. The van der Waals surface area contributed by atoms with Crippen molar-refractivity contribution < 1.29 is 9.21 Å². The first kappa shape index (κ1) is 24.2.